The Labute approximate surface area is 187 Å². The number of halogens is 1. The number of hydrogen-bond acceptors (Lipinski definition) is 4. The molecule has 0 fully saturated rings. The first kappa shape index (κ1) is 25.9. The molecule has 160 valence electrons. The average Bonchev–Trinajstić information content (AvgIpc) is 2.82. The molecule has 4 nitrogen and oxygen atoms in total. The molecule has 0 saturated heterocycles. The minimum Gasteiger partial charge on any atom is -0.394 e. The van der Waals surface area contributed by atoms with Crippen LogP contribution in [0, 0.1) is 0 Å². The number of aldehydes is 1. The molecule has 0 atom stereocenters. The topological polar surface area (TPSA) is 74.6 Å². The molecule has 0 aliphatic carbocycles. The zero-order valence-corrected chi connectivity index (χ0v) is 19.5. The molecule has 0 radical (unpaired) electrons. The van der Waals surface area contributed by atoms with Crippen LogP contribution in [0.5, 0.6) is 0 Å². The van der Waals surface area contributed by atoms with Crippen LogP contribution in [0.15, 0.2) is 91.0 Å². The van der Waals surface area contributed by atoms with Gasteiger partial charge in [0.1, 0.15) is 6.29 Å². The average molecular weight is 491 g/mol. The van der Waals surface area contributed by atoms with Crippen LogP contribution in [0.4, 0.5) is 0 Å². The number of alkyl halides is 1. The van der Waals surface area contributed by atoms with E-state index in [2.05, 4.69) is 52.3 Å². The molecular formula is C24H28BrO4P. The molecule has 0 unspecified atom stereocenters. The van der Waals surface area contributed by atoms with E-state index in [1.165, 1.54) is 0 Å². The molecule has 0 aromatic heterocycles. The number of aliphatic hydroxyl groups is 2. The van der Waals surface area contributed by atoms with Crippen LogP contribution in [0.1, 0.15) is 6.92 Å². The van der Waals surface area contributed by atoms with E-state index in [0.29, 0.717) is 5.33 Å². The van der Waals surface area contributed by atoms with Gasteiger partial charge in [0.05, 0.1) is 18.5 Å². The van der Waals surface area contributed by atoms with Crippen LogP contribution in [0.3, 0.4) is 0 Å². The Morgan fingerprint density at radius 1 is 0.767 bits per heavy atom. The second kappa shape index (κ2) is 14.8. The summed E-state index contributed by atoms with van der Waals surface area (Å²) in [5.74, 6) is 0. The summed E-state index contributed by atoms with van der Waals surface area (Å²) in [5, 5.41) is 19.1. The van der Waals surface area contributed by atoms with Gasteiger partial charge in [0.2, 0.25) is 0 Å². The van der Waals surface area contributed by atoms with E-state index < -0.39 is 7.26 Å². The minimum atomic E-state index is -2.64. The molecule has 0 aliphatic heterocycles. The van der Waals surface area contributed by atoms with Gasteiger partial charge in [-0.1, -0.05) is 15.9 Å². The summed E-state index contributed by atoms with van der Waals surface area (Å²) in [6, 6.07) is 30.7. The van der Waals surface area contributed by atoms with Gasteiger partial charge in [0.15, 0.2) is 0 Å². The predicted octanol–water partition coefficient (Wildman–Crippen LogP) is 2.81. The van der Waals surface area contributed by atoms with Crippen LogP contribution < -0.4 is 15.9 Å². The van der Waals surface area contributed by atoms with Crippen molar-refractivity contribution in [1.82, 2.24) is 0 Å². The molecule has 0 aliphatic rings. The Morgan fingerprint density at radius 2 is 1.03 bits per heavy atom. The van der Waals surface area contributed by atoms with E-state index >= 15 is 0 Å². The third-order valence-corrected chi connectivity index (χ3v) is 9.23. The van der Waals surface area contributed by atoms with Gasteiger partial charge < -0.3 is 15.0 Å². The van der Waals surface area contributed by atoms with Crippen molar-refractivity contribution in [1.29, 1.82) is 0 Å². The van der Waals surface area contributed by atoms with Crippen LogP contribution >= 0.6 is 23.2 Å². The second-order valence-electron chi connectivity index (χ2n) is 6.17. The largest absolute Gasteiger partial charge is 0.394 e. The van der Waals surface area contributed by atoms with Gasteiger partial charge in [-0.3, -0.25) is 0 Å². The molecule has 0 amide bonds. The van der Waals surface area contributed by atoms with Gasteiger partial charge in [-0.2, -0.15) is 0 Å². The maximum absolute atomic E-state index is 12.9. The SMILES string of the molecule is CC(=O)[PH](c1ccccc1)(c1ccccc1)c1ccccc1.O=CCBr.OCCO. The minimum absolute atomic E-state index is 0.125. The number of hydrogen-bond donors (Lipinski definition) is 2. The number of carbonyl (C=O) groups excluding carboxylic acids is 2. The summed E-state index contributed by atoms with van der Waals surface area (Å²) in [5.41, 5.74) is 0.260. The molecular weight excluding hydrogens is 463 g/mol. The molecule has 2 N–H and O–H groups in total. The summed E-state index contributed by atoms with van der Waals surface area (Å²) in [7, 11) is -2.64. The zero-order chi connectivity index (χ0) is 22.2. The second-order valence-corrected chi connectivity index (χ2v) is 10.8. The van der Waals surface area contributed by atoms with E-state index in [9.17, 15) is 4.79 Å². The molecule has 30 heavy (non-hydrogen) atoms. The zero-order valence-electron chi connectivity index (χ0n) is 16.9. The van der Waals surface area contributed by atoms with Crippen molar-refractivity contribution in [3.05, 3.63) is 91.0 Å². The molecule has 0 saturated carbocycles. The van der Waals surface area contributed by atoms with Crippen molar-refractivity contribution >= 4 is 50.9 Å². The summed E-state index contributed by atoms with van der Waals surface area (Å²) in [4.78, 5) is 22.1. The van der Waals surface area contributed by atoms with Crippen LogP contribution in [-0.2, 0) is 9.59 Å². The van der Waals surface area contributed by atoms with E-state index in [0.717, 1.165) is 22.2 Å². The Balaban J connectivity index is 0.000000485. The normalized spacial score (nSPS) is 10.5. The Hall–Kier alpha value is -2.17. The van der Waals surface area contributed by atoms with Gasteiger partial charge in [-0.25, -0.2) is 0 Å². The number of aliphatic hydroxyl groups excluding tert-OH is 2. The quantitative estimate of drug-likeness (QED) is 0.316. The Kier molecular flexibility index (Phi) is 12.7. The summed E-state index contributed by atoms with van der Waals surface area (Å²) in [6.45, 7) is 1.49. The molecule has 3 aromatic carbocycles. The molecule has 3 rings (SSSR count). The first-order chi connectivity index (χ1) is 14.6. The number of rotatable bonds is 6. The van der Waals surface area contributed by atoms with Crippen LogP contribution in [0.2, 0.25) is 0 Å². The summed E-state index contributed by atoms with van der Waals surface area (Å²) < 4.78 is 0. The van der Waals surface area contributed by atoms with E-state index in [4.69, 9.17) is 15.0 Å². The number of carbonyl (C=O) groups is 2. The third kappa shape index (κ3) is 6.96. The monoisotopic (exact) mass is 490 g/mol. The number of benzene rings is 3. The van der Waals surface area contributed by atoms with Crippen molar-refractivity contribution in [3.8, 4) is 0 Å². The van der Waals surface area contributed by atoms with Gasteiger partial charge in [-0.15, -0.1) is 0 Å². The predicted molar refractivity (Wildman–Crippen MR) is 131 cm³/mol. The first-order valence-electron chi connectivity index (χ1n) is 9.48. The third-order valence-electron chi connectivity index (χ3n) is 4.31. The van der Waals surface area contributed by atoms with E-state index in [-0.39, 0.29) is 18.7 Å². The summed E-state index contributed by atoms with van der Waals surface area (Å²) in [6.07, 6.45) is 0.792. The fraction of sp³-hybridized carbons (Fsp3) is 0.167. The molecule has 0 bridgehead atoms. The van der Waals surface area contributed by atoms with Gasteiger partial charge >= 0.3 is 131 Å². The van der Waals surface area contributed by atoms with Crippen molar-refractivity contribution in [2.24, 2.45) is 0 Å². The van der Waals surface area contributed by atoms with Crippen molar-refractivity contribution in [2.45, 2.75) is 6.92 Å². The Bertz CT molecular complexity index is 759. The van der Waals surface area contributed by atoms with Gasteiger partial charge in [0, 0.05) is 0 Å². The van der Waals surface area contributed by atoms with Crippen molar-refractivity contribution < 1.29 is 19.8 Å². The maximum atomic E-state index is 12.9. The van der Waals surface area contributed by atoms with Gasteiger partial charge in [-0.05, 0) is 0 Å². The van der Waals surface area contributed by atoms with Gasteiger partial charge in [0.25, 0.3) is 0 Å². The molecule has 0 heterocycles. The standard InChI is InChI=1S/C20H19OP.C2H3BrO.C2H6O2/c1-17(21)22(18-11-5-2-6-12-18,19-13-7-3-8-14-19)20-15-9-4-10-16-20;2*3-1-2-4/h2-16,22H,1H3;2H,1H2;3-4H,1-2H2. The fourth-order valence-electron chi connectivity index (χ4n) is 3.17. The van der Waals surface area contributed by atoms with Crippen LogP contribution in [-0.4, -0.2) is 40.6 Å². The fourth-order valence-corrected chi connectivity index (χ4v) is 7.47. The van der Waals surface area contributed by atoms with E-state index in [1.54, 1.807) is 6.92 Å². The first-order valence-corrected chi connectivity index (χ1v) is 12.6. The summed E-state index contributed by atoms with van der Waals surface area (Å²) >= 11 is 2.88. The maximum Gasteiger partial charge on any atom is 0.130 e. The van der Waals surface area contributed by atoms with E-state index in [1.807, 2.05) is 54.6 Å². The Morgan fingerprint density at radius 3 is 1.20 bits per heavy atom. The molecule has 0 spiro atoms. The smallest absolute Gasteiger partial charge is 0.130 e. The molecule has 3 aromatic rings. The van der Waals surface area contributed by atoms with Crippen molar-refractivity contribution in [3.63, 3.8) is 0 Å². The van der Waals surface area contributed by atoms with Crippen molar-refractivity contribution in [2.75, 3.05) is 18.5 Å². The van der Waals surface area contributed by atoms with Crippen LogP contribution in [0.25, 0.3) is 0 Å². The molecule has 6 heteroatoms.